The van der Waals surface area contributed by atoms with Crippen LogP contribution in [0, 0.1) is 0 Å². The minimum atomic E-state index is -4.48. The summed E-state index contributed by atoms with van der Waals surface area (Å²) in [5, 5.41) is 16.4. The summed E-state index contributed by atoms with van der Waals surface area (Å²) in [6.45, 7) is 1.34. The molecule has 1 aromatic rings. The van der Waals surface area contributed by atoms with Crippen LogP contribution in [0.3, 0.4) is 0 Å². The Morgan fingerprint density at radius 2 is 2.11 bits per heavy atom. The SMILES string of the molecule is COCC(O)CN1CCn2c(nnc2C(F)(F)F)C1. The van der Waals surface area contributed by atoms with Crippen LogP contribution in [0.1, 0.15) is 11.6 Å². The van der Waals surface area contributed by atoms with Crippen molar-refractivity contribution in [3.63, 3.8) is 0 Å². The molecule has 0 radical (unpaired) electrons. The molecule has 2 heterocycles. The highest BCUT2D eigenvalue weighted by Gasteiger charge is 2.39. The summed E-state index contributed by atoms with van der Waals surface area (Å²) in [6, 6.07) is 0. The number of halogens is 3. The van der Waals surface area contributed by atoms with E-state index in [0.29, 0.717) is 13.1 Å². The number of alkyl halides is 3. The van der Waals surface area contributed by atoms with Gasteiger partial charge in [-0.3, -0.25) is 4.90 Å². The van der Waals surface area contributed by atoms with Crippen molar-refractivity contribution in [1.29, 1.82) is 0 Å². The Bertz CT molecular complexity index is 435. The summed E-state index contributed by atoms with van der Waals surface area (Å²) >= 11 is 0. The normalized spacial score (nSPS) is 18.4. The summed E-state index contributed by atoms with van der Waals surface area (Å²) in [7, 11) is 1.48. The average Bonchev–Trinajstić information content (AvgIpc) is 2.71. The van der Waals surface area contributed by atoms with Gasteiger partial charge < -0.3 is 14.4 Å². The molecule has 1 aliphatic rings. The fourth-order valence-corrected chi connectivity index (χ4v) is 2.12. The van der Waals surface area contributed by atoms with E-state index in [1.54, 1.807) is 0 Å². The van der Waals surface area contributed by atoms with Crippen molar-refractivity contribution in [2.75, 3.05) is 26.8 Å². The number of aliphatic hydroxyl groups is 1. The molecule has 1 N–H and O–H groups in total. The molecule has 1 aromatic heterocycles. The lowest BCUT2D eigenvalue weighted by molar-refractivity contribution is -0.148. The molecule has 0 aromatic carbocycles. The van der Waals surface area contributed by atoms with E-state index >= 15 is 0 Å². The van der Waals surface area contributed by atoms with Gasteiger partial charge in [-0.15, -0.1) is 10.2 Å². The van der Waals surface area contributed by atoms with Crippen LogP contribution in [0.5, 0.6) is 0 Å². The molecule has 0 fully saturated rings. The summed E-state index contributed by atoms with van der Waals surface area (Å²) in [6.07, 6.45) is -5.15. The number of aliphatic hydroxyl groups excluding tert-OH is 1. The van der Waals surface area contributed by atoms with Gasteiger partial charge in [0.25, 0.3) is 0 Å². The van der Waals surface area contributed by atoms with E-state index in [1.165, 1.54) is 7.11 Å². The van der Waals surface area contributed by atoms with Crippen molar-refractivity contribution >= 4 is 0 Å². The van der Waals surface area contributed by atoms with E-state index in [9.17, 15) is 18.3 Å². The number of rotatable bonds is 4. The van der Waals surface area contributed by atoms with Crippen LogP contribution in [0.15, 0.2) is 0 Å². The van der Waals surface area contributed by atoms with Crippen LogP contribution in [-0.2, 0) is 24.0 Å². The summed E-state index contributed by atoms with van der Waals surface area (Å²) in [4.78, 5) is 1.83. The molecule has 0 saturated carbocycles. The van der Waals surface area contributed by atoms with Crippen molar-refractivity contribution in [3.8, 4) is 0 Å². The van der Waals surface area contributed by atoms with Crippen molar-refractivity contribution in [2.24, 2.45) is 0 Å². The third-order valence-electron chi connectivity index (χ3n) is 2.91. The van der Waals surface area contributed by atoms with Gasteiger partial charge in [-0.2, -0.15) is 13.2 Å². The quantitative estimate of drug-likeness (QED) is 0.848. The Morgan fingerprint density at radius 3 is 2.74 bits per heavy atom. The minimum Gasteiger partial charge on any atom is -0.389 e. The Morgan fingerprint density at radius 1 is 1.37 bits per heavy atom. The fraction of sp³-hybridized carbons (Fsp3) is 0.800. The number of hydrogen-bond donors (Lipinski definition) is 1. The number of methoxy groups -OCH3 is 1. The molecule has 2 rings (SSSR count). The second-order valence-electron chi connectivity index (χ2n) is 4.43. The average molecular weight is 280 g/mol. The molecule has 19 heavy (non-hydrogen) atoms. The maximum atomic E-state index is 12.6. The van der Waals surface area contributed by atoms with Crippen LogP contribution < -0.4 is 0 Å². The predicted molar refractivity (Wildman–Crippen MR) is 58.2 cm³/mol. The highest BCUT2D eigenvalue weighted by atomic mass is 19.4. The molecule has 0 spiro atoms. The Kier molecular flexibility index (Phi) is 4.07. The van der Waals surface area contributed by atoms with Gasteiger partial charge in [0.05, 0.1) is 19.3 Å². The lowest BCUT2D eigenvalue weighted by Gasteiger charge is -2.29. The second-order valence-corrected chi connectivity index (χ2v) is 4.43. The Labute approximate surface area is 107 Å². The maximum Gasteiger partial charge on any atom is 0.451 e. The number of ether oxygens (including phenoxy) is 1. The fourth-order valence-electron chi connectivity index (χ4n) is 2.12. The second kappa shape index (κ2) is 5.43. The van der Waals surface area contributed by atoms with E-state index in [-0.39, 0.29) is 25.5 Å². The van der Waals surface area contributed by atoms with E-state index in [2.05, 4.69) is 10.2 Å². The lowest BCUT2D eigenvalue weighted by Crippen LogP contribution is -2.40. The van der Waals surface area contributed by atoms with Gasteiger partial charge in [-0.25, -0.2) is 0 Å². The highest BCUT2D eigenvalue weighted by molar-refractivity contribution is 5.02. The first kappa shape index (κ1) is 14.2. The molecule has 0 amide bonds. The van der Waals surface area contributed by atoms with Crippen LogP contribution in [0.2, 0.25) is 0 Å². The standard InChI is InChI=1S/C10H15F3N4O2/c1-19-6-7(18)4-16-2-3-17-8(5-16)14-15-9(17)10(11,12)13/h7,18H,2-6H2,1H3. The molecule has 6 nitrogen and oxygen atoms in total. The third kappa shape index (κ3) is 3.23. The van der Waals surface area contributed by atoms with E-state index in [4.69, 9.17) is 4.74 Å². The van der Waals surface area contributed by atoms with Gasteiger partial charge >= 0.3 is 6.18 Å². The molecular weight excluding hydrogens is 265 g/mol. The van der Waals surface area contributed by atoms with Crippen LogP contribution in [0.4, 0.5) is 13.2 Å². The first-order valence-electron chi connectivity index (χ1n) is 5.80. The van der Waals surface area contributed by atoms with Gasteiger partial charge in [0, 0.05) is 26.7 Å². The summed E-state index contributed by atoms with van der Waals surface area (Å²) in [5.74, 6) is -0.692. The van der Waals surface area contributed by atoms with Crippen molar-refractivity contribution in [1.82, 2.24) is 19.7 Å². The monoisotopic (exact) mass is 280 g/mol. The topological polar surface area (TPSA) is 63.4 Å². The highest BCUT2D eigenvalue weighted by Crippen LogP contribution is 2.29. The van der Waals surface area contributed by atoms with E-state index < -0.39 is 18.1 Å². The first-order valence-corrected chi connectivity index (χ1v) is 5.80. The molecule has 1 unspecified atom stereocenters. The van der Waals surface area contributed by atoms with Crippen LogP contribution >= 0.6 is 0 Å². The molecule has 108 valence electrons. The zero-order chi connectivity index (χ0) is 14.0. The molecule has 1 aliphatic heterocycles. The number of β-amino-alcohol motifs (C(OH)–C–C–N with tert-alkyl or cyclic N) is 1. The minimum absolute atomic E-state index is 0.164. The van der Waals surface area contributed by atoms with Gasteiger partial charge in [-0.05, 0) is 0 Å². The number of aromatic nitrogens is 3. The number of fused-ring (bicyclic) bond motifs is 1. The predicted octanol–water partition coefficient (Wildman–Crippen LogP) is 0.120. The molecule has 1 atom stereocenters. The summed E-state index contributed by atoms with van der Waals surface area (Å²) < 4.78 is 43.8. The molecule has 0 aliphatic carbocycles. The molecule has 0 saturated heterocycles. The van der Waals surface area contributed by atoms with Crippen molar-refractivity contribution in [3.05, 3.63) is 11.6 Å². The van der Waals surface area contributed by atoms with E-state index in [0.717, 1.165) is 4.57 Å². The van der Waals surface area contributed by atoms with Crippen molar-refractivity contribution in [2.45, 2.75) is 25.4 Å². The summed E-state index contributed by atoms with van der Waals surface area (Å²) in [5.41, 5.74) is 0. The first-order chi connectivity index (χ1) is 8.91. The molecule has 9 heteroatoms. The van der Waals surface area contributed by atoms with Gasteiger partial charge in [0.1, 0.15) is 5.82 Å². The van der Waals surface area contributed by atoms with Gasteiger partial charge in [0.2, 0.25) is 5.82 Å². The Hall–Kier alpha value is -1.19. The zero-order valence-electron chi connectivity index (χ0n) is 10.4. The maximum absolute atomic E-state index is 12.6. The number of hydrogen-bond acceptors (Lipinski definition) is 5. The molecular formula is C10H15F3N4O2. The zero-order valence-corrected chi connectivity index (χ0v) is 10.4. The largest absolute Gasteiger partial charge is 0.451 e. The lowest BCUT2D eigenvalue weighted by atomic mass is 10.3. The van der Waals surface area contributed by atoms with Crippen LogP contribution in [-0.4, -0.2) is 57.7 Å². The molecule has 0 bridgehead atoms. The third-order valence-corrected chi connectivity index (χ3v) is 2.91. The van der Waals surface area contributed by atoms with Gasteiger partial charge in [-0.1, -0.05) is 0 Å². The van der Waals surface area contributed by atoms with Crippen molar-refractivity contribution < 1.29 is 23.0 Å². The van der Waals surface area contributed by atoms with Crippen LogP contribution in [0.25, 0.3) is 0 Å². The van der Waals surface area contributed by atoms with E-state index in [1.807, 2.05) is 4.90 Å². The smallest absolute Gasteiger partial charge is 0.389 e. The number of nitrogens with zero attached hydrogens (tertiary/aromatic N) is 4. The Balaban J connectivity index is 2.03. The van der Waals surface area contributed by atoms with Gasteiger partial charge in [0.15, 0.2) is 0 Å².